The van der Waals surface area contributed by atoms with Gasteiger partial charge in [-0.15, -0.1) is 11.3 Å². The third kappa shape index (κ3) is 3.41. The van der Waals surface area contributed by atoms with Crippen molar-refractivity contribution in [2.75, 3.05) is 20.2 Å². The first-order valence-corrected chi connectivity index (χ1v) is 6.71. The molecule has 2 rings (SSSR count). The summed E-state index contributed by atoms with van der Waals surface area (Å²) in [5.41, 5.74) is 0. The quantitative estimate of drug-likeness (QED) is 0.772. The first kappa shape index (κ1) is 12.3. The Bertz CT molecular complexity index is 378. The maximum absolute atomic E-state index is 11.9. The van der Waals surface area contributed by atoms with Crippen molar-refractivity contribution in [1.82, 2.24) is 4.90 Å². The molecule has 0 bridgehead atoms. The van der Waals surface area contributed by atoms with Gasteiger partial charge in [-0.05, 0) is 30.4 Å². The maximum Gasteiger partial charge on any atom is 0.246 e. The second-order valence-electron chi connectivity index (χ2n) is 4.11. The molecule has 0 aromatic carbocycles. The van der Waals surface area contributed by atoms with Crippen LogP contribution in [0.25, 0.3) is 6.08 Å². The minimum absolute atomic E-state index is 0.105. The zero-order valence-corrected chi connectivity index (χ0v) is 10.8. The fourth-order valence-electron chi connectivity index (χ4n) is 1.96. The lowest BCUT2D eigenvalue weighted by atomic mass is 10.1. The van der Waals surface area contributed by atoms with Gasteiger partial charge in [0.1, 0.15) is 0 Å². The minimum Gasteiger partial charge on any atom is -0.381 e. The highest BCUT2D eigenvalue weighted by Crippen LogP contribution is 2.14. The molecule has 1 amide bonds. The van der Waals surface area contributed by atoms with Crippen LogP contribution < -0.4 is 0 Å². The predicted octanol–water partition coefficient (Wildman–Crippen LogP) is 2.40. The van der Waals surface area contributed by atoms with Crippen molar-refractivity contribution in [3.8, 4) is 0 Å². The minimum atomic E-state index is 0.105. The van der Waals surface area contributed by atoms with E-state index in [-0.39, 0.29) is 5.91 Å². The number of hydrogen-bond donors (Lipinski definition) is 0. The fourth-order valence-corrected chi connectivity index (χ4v) is 2.57. The molecule has 1 aliphatic rings. The number of carbonyl (C=O) groups excluding carboxylic acids is 1. The van der Waals surface area contributed by atoms with E-state index in [4.69, 9.17) is 4.74 Å². The second kappa shape index (κ2) is 5.98. The molecule has 1 aromatic rings. The molecular weight excluding hydrogens is 234 g/mol. The van der Waals surface area contributed by atoms with Gasteiger partial charge in [-0.1, -0.05) is 6.07 Å². The van der Waals surface area contributed by atoms with Gasteiger partial charge in [0.2, 0.25) is 5.91 Å². The van der Waals surface area contributed by atoms with E-state index in [2.05, 4.69) is 0 Å². The Morgan fingerprint density at radius 2 is 2.29 bits per heavy atom. The lowest BCUT2D eigenvalue weighted by molar-refractivity contribution is -0.128. The van der Waals surface area contributed by atoms with Crippen molar-refractivity contribution >= 4 is 23.3 Å². The van der Waals surface area contributed by atoms with E-state index in [1.54, 1.807) is 24.5 Å². The molecular formula is C13H17NO2S. The summed E-state index contributed by atoms with van der Waals surface area (Å²) in [5.74, 6) is 0.105. The molecule has 1 fully saturated rings. The van der Waals surface area contributed by atoms with Gasteiger partial charge in [0, 0.05) is 31.2 Å². The molecule has 0 saturated carbocycles. The van der Waals surface area contributed by atoms with Crippen LogP contribution in [-0.2, 0) is 9.53 Å². The molecule has 0 atom stereocenters. The van der Waals surface area contributed by atoms with Crippen LogP contribution in [0.15, 0.2) is 23.6 Å². The molecule has 2 heterocycles. The van der Waals surface area contributed by atoms with E-state index in [1.165, 1.54) is 0 Å². The summed E-state index contributed by atoms with van der Waals surface area (Å²) >= 11 is 1.64. The second-order valence-corrected chi connectivity index (χ2v) is 5.09. The van der Waals surface area contributed by atoms with Crippen molar-refractivity contribution in [3.05, 3.63) is 28.5 Å². The Hall–Kier alpha value is -1.13. The van der Waals surface area contributed by atoms with Crippen LogP contribution >= 0.6 is 11.3 Å². The Morgan fingerprint density at radius 3 is 2.88 bits per heavy atom. The molecule has 0 spiro atoms. The van der Waals surface area contributed by atoms with Crippen molar-refractivity contribution < 1.29 is 9.53 Å². The van der Waals surface area contributed by atoms with Crippen molar-refractivity contribution in [3.63, 3.8) is 0 Å². The van der Waals surface area contributed by atoms with E-state index in [0.717, 1.165) is 30.8 Å². The highest BCUT2D eigenvalue weighted by Gasteiger charge is 2.20. The van der Waals surface area contributed by atoms with Gasteiger partial charge in [0.15, 0.2) is 0 Å². The normalized spacial score (nSPS) is 17.8. The number of piperidine rings is 1. The number of methoxy groups -OCH3 is 1. The van der Waals surface area contributed by atoms with Gasteiger partial charge < -0.3 is 9.64 Å². The molecule has 1 aliphatic heterocycles. The van der Waals surface area contributed by atoms with Crippen LogP contribution in [-0.4, -0.2) is 37.1 Å². The molecule has 0 unspecified atom stereocenters. The number of thiophene rings is 1. The van der Waals surface area contributed by atoms with E-state index in [9.17, 15) is 4.79 Å². The highest BCUT2D eigenvalue weighted by atomic mass is 32.1. The third-order valence-electron chi connectivity index (χ3n) is 3.02. The Balaban J connectivity index is 1.85. The van der Waals surface area contributed by atoms with Crippen LogP contribution in [0.5, 0.6) is 0 Å². The van der Waals surface area contributed by atoms with Crippen molar-refractivity contribution in [2.24, 2.45) is 0 Å². The lowest BCUT2D eigenvalue weighted by Crippen LogP contribution is -2.39. The monoisotopic (exact) mass is 251 g/mol. The third-order valence-corrected chi connectivity index (χ3v) is 3.86. The predicted molar refractivity (Wildman–Crippen MR) is 70.0 cm³/mol. The summed E-state index contributed by atoms with van der Waals surface area (Å²) in [6, 6.07) is 3.99. The van der Waals surface area contributed by atoms with Crippen molar-refractivity contribution in [1.29, 1.82) is 0 Å². The van der Waals surface area contributed by atoms with Gasteiger partial charge in [-0.25, -0.2) is 0 Å². The van der Waals surface area contributed by atoms with Gasteiger partial charge in [-0.2, -0.15) is 0 Å². The van der Waals surface area contributed by atoms with Crippen LogP contribution in [0.2, 0.25) is 0 Å². The summed E-state index contributed by atoms with van der Waals surface area (Å²) in [6.07, 6.45) is 5.75. The molecule has 0 N–H and O–H groups in total. The summed E-state index contributed by atoms with van der Waals surface area (Å²) < 4.78 is 5.28. The number of hydrogen-bond acceptors (Lipinski definition) is 3. The zero-order chi connectivity index (χ0) is 12.1. The van der Waals surface area contributed by atoms with Gasteiger partial charge in [0.25, 0.3) is 0 Å². The Kier molecular flexibility index (Phi) is 4.34. The maximum atomic E-state index is 11.9. The van der Waals surface area contributed by atoms with E-state index in [0.29, 0.717) is 6.10 Å². The number of rotatable bonds is 3. The lowest BCUT2D eigenvalue weighted by Gasteiger charge is -2.30. The van der Waals surface area contributed by atoms with E-state index < -0.39 is 0 Å². The number of likely N-dealkylation sites (tertiary alicyclic amines) is 1. The topological polar surface area (TPSA) is 29.5 Å². The summed E-state index contributed by atoms with van der Waals surface area (Å²) in [4.78, 5) is 14.9. The molecule has 17 heavy (non-hydrogen) atoms. The van der Waals surface area contributed by atoms with Crippen LogP contribution in [0.1, 0.15) is 17.7 Å². The number of nitrogens with zero attached hydrogens (tertiary/aromatic N) is 1. The summed E-state index contributed by atoms with van der Waals surface area (Å²) in [5, 5.41) is 2.01. The molecule has 1 saturated heterocycles. The molecule has 4 heteroatoms. The highest BCUT2D eigenvalue weighted by molar-refractivity contribution is 7.10. The average Bonchev–Trinajstić information content (AvgIpc) is 2.89. The fraction of sp³-hybridized carbons (Fsp3) is 0.462. The molecule has 92 valence electrons. The molecule has 1 aromatic heterocycles. The van der Waals surface area contributed by atoms with Gasteiger partial charge in [-0.3, -0.25) is 4.79 Å². The number of carbonyl (C=O) groups is 1. The average molecular weight is 251 g/mol. The first-order chi connectivity index (χ1) is 8.29. The van der Waals surface area contributed by atoms with Crippen LogP contribution in [0.4, 0.5) is 0 Å². The SMILES string of the molecule is COC1CCN(C(=O)/C=C/c2cccs2)CC1. The number of ether oxygens (including phenoxy) is 1. The smallest absolute Gasteiger partial charge is 0.246 e. The van der Waals surface area contributed by atoms with Crippen LogP contribution in [0.3, 0.4) is 0 Å². The Labute approximate surface area is 106 Å². The number of amides is 1. The largest absolute Gasteiger partial charge is 0.381 e. The van der Waals surface area contributed by atoms with E-state index >= 15 is 0 Å². The Morgan fingerprint density at radius 1 is 1.53 bits per heavy atom. The standard InChI is InChI=1S/C13H17NO2S/c1-16-11-6-8-14(9-7-11)13(15)5-4-12-3-2-10-17-12/h2-5,10-11H,6-9H2,1H3/b5-4+. The van der Waals surface area contributed by atoms with Gasteiger partial charge >= 0.3 is 0 Å². The summed E-state index contributed by atoms with van der Waals surface area (Å²) in [7, 11) is 1.73. The molecule has 0 radical (unpaired) electrons. The first-order valence-electron chi connectivity index (χ1n) is 5.83. The van der Waals surface area contributed by atoms with Crippen molar-refractivity contribution in [2.45, 2.75) is 18.9 Å². The van der Waals surface area contributed by atoms with E-state index in [1.807, 2.05) is 28.5 Å². The summed E-state index contributed by atoms with van der Waals surface area (Å²) in [6.45, 7) is 1.60. The van der Waals surface area contributed by atoms with Gasteiger partial charge in [0.05, 0.1) is 6.10 Å². The van der Waals surface area contributed by atoms with Crippen LogP contribution in [0, 0.1) is 0 Å². The zero-order valence-electron chi connectivity index (χ0n) is 9.96. The molecule has 0 aliphatic carbocycles. The molecule has 3 nitrogen and oxygen atoms in total.